The van der Waals surface area contributed by atoms with Crippen molar-refractivity contribution in [1.29, 1.82) is 0 Å². The van der Waals surface area contributed by atoms with Crippen molar-refractivity contribution in [1.82, 2.24) is 5.32 Å². The van der Waals surface area contributed by atoms with Crippen LogP contribution in [0.15, 0.2) is 0 Å². The van der Waals surface area contributed by atoms with Crippen LogP contribution in [0.1, 0.15) is 26.2 Å². The molecule has 0 saturated heterocycles. The first-order valence-corrected chi connectivity index (χ1v) is 6.98. The van der Waals surface area contributed by atoms with E-state index in [1.165, 1.54) is 0 Å². The molecule has 0 aliphatic rings. The van der Waals surface area contributed by atoms with E-state index in [1.54, 1.807) is 0 Å². The topological polar surface area (TPSA) is 162 Å². The Kier molecular flexibility index (Phi) is 32.9. The van der Waals surface area contributed by atoms with Crippen LogP contribution in [0.3, 0.4) is 0 Å². The molecule has 0 aromatic heterocycles. The molecule has 0 amide bonds. The smallest absolute Gasteiger partial charge is 0.0555 e. The molecule has 1 atom stereocenters. The highest BCUT2D eigenvalue weighted by atomic mass is 16.3. The quantitative estimate of drug-likeness (QED) is 0.238. The molecule has 0 bridgehead atoms. The van der Waals surface area contributed by atoms with E-state index in [2.05, 4.69) is 5.32 Å². The number of nitrogens with one attached hydrogen (secondary N) is 1. The Morgan fingerprint density at radius 2 is 1.42 bits per heavy atom. The molecular formula is C12H36N6O. The largest absolute Gasteiger partial charge is 0.395 e. The Balaban J connectivity index is -0.000000203. The summed E-state index contributed by atoms with van der Waals surface area (Å²) in [7, 11) is 0. The third kappa shape index (κ3) is 46.3. The van der Waals surface area contributed by atoms with Crippen LogP contribution in [0.25, 0.3) is 0 Å². The van der Waals surface area contributed by atoms with Gasteiger partial charge in [0.25, 0.3) is 0 Å². The van der Waals surface area contributed by atoms with Crippen molar-refractivity contribution in [2.75, 3.05) is 45.9 Å². The molecular weight excluding hydrogens is 244 g/mol. The maximum atomic E-state index is 8.19. The van der Waals surface area contributed by atoms with Gasteiger partial charge in [-0.15, -0.1) is 0 Å². The van der Waals surface area contributed by atoms with Crippen LogP contribution in [0, 0.1) is 0 Å². The van der Waals surface area contributed by atoms with Crippen molar-refractivity contribution in [3.05, 3.63) is 0 Å². The number of aliphatic hydroxyl groups is 1. The third-order valence-corrected chi connectivity index (χ3v) is 1.89. The second kappa shape index (κ2) is 26.3. The van der Waals surface area contributed by atoms with Crippen molar-refractivity contribution >= 4 is 0 Å². The van der Waals surface area contributed by atoms with Gasteiger partial charge < -0.3 is 39.1 Å². The summed E-state index contributed by atoms with van der Waals surface area (Å²) >= 11 is 0. The molecule has 0 radical (unpaired) electrons. The van der Waals surface area contributed by atoms with Crippen molar-refractivity contribution in [2.24, 2.45) is 28.7 Å². The lowest BCUT2D eigenvalue weighted by atomic mass is 10.3. The zero-order valence-corrected chi connectivity index (χ0v) is 12.5. The Morgan fingerprint density at radius 1 is 0.895 bits per heavy atom. The van der Waals surface area contributed by atoms with Gasteiger partial charge in [0.05, 0.1) is 6.61 Å². The summed E-state index contributed by atoms with van der Waals surface area (Å²) in [5.74, 6) is 0. The number of hydrogen-bond donors (Lipinski definition) is 7. The standard InChI is InChI=1S/C4H12N2O.2C4H12N2/c5-1-2-6-3-4-7;1-4(6)2-3-5;5-3-1-2-4-6/h6-7H,1-5H2;4H,2-3,5-6H2,1H3;1-6H2. The number of nitrogens with two attached hydrogens (primary N) is 5. The Bertz CT molecular complexity index is 119. The monoisotopic (exact) mass is 280 g/mol. The van der Waals surface area contributed by atoms with Crippen LogP contribution in [-0.2, 0) is 0 Å². The van der Waals surface area contributed by atoms with Crippen molar-refractivity contribution in [3.63, 3.8) is 0 Å². The number of hydrogen-bond acceptors (Lipinski definition) is 7. The van der Waals surface area contributed by atoms with E-state index < -0.39 is 0 Å². The minimum atomic E-state index is 0.194. The summed E-state index contributed by atoms with van der Waals surface area (Å²) < 4.78 is 0. The normalized spacial score (nSPS) is 10.9. The fourth-order valence-electron chi connectivity index (χ4n) is 0.858. The Hall–Kier alpha value is -0.280. The summed E-state index contributed by atoms with van der Waals surface area (Å²) in [6.07, 6.45) is 3.06. The lowest BCUT2D eigenvalue weighted by molar-refractivity contribution is 0.293. The fourth-order valence-corrected chi connectivity index (χ4v) is 0.858. The predicted octanol–water partition coefficient (Wildman–Crippen LogP) is -2.11. The van der Waals surface area contributed by atoms with Gasteiger partial charge in [-0.2, -0.15) is 0 Å². The first-order chi connectivity index (χ1) is 9.10. The molecule has 0 saturated carbocycles. The average molecular weight is 280 g/mol. The second-order valence-electron chi connectivity index (χ2n) is 4.10. The molecule has 7 heteroatoms. The van der Waals surface area contributed by atoms with Gasteiger partial charge in [0.1, 0.15) is 0 Å². The van der Waals surface area contributed by atoms with E-state index in [-0.39, 0.29) is 12.6 Å². The number of unbranched alkanes of at least 4 members (excludes halogenated alkanes) is 1. The Labute approximate surface area is 118 Å². The molecule has 19 heavy (non-hydrogen) atoms. The van der Waals surface area contributed by atoms with Gasteiger partial charge >= 0.3 is 0 Å². The van der Waals surface area contributed by atoms with E-state index in [0.717, 1.165) is 38.9 Å². The van der Waals surface area contributed by atoms with E-state index in [1.807, 2.05) is 6.92 Å². The highest BCUT2D eigenvalue weighted by molar-refractivity contribution is 4.50. The van der Waals surface area contributed by atoms with E-state index >= 15 is 0 Å². The van der Waals surface area contributed by atoms with Gasteiger partial charge in [-0.05, 0) is 45.8 Å². The average Bonchev–Trinajstić information content (AvgIpc) is 2.38. The summed E-state index contributed by atoms with van der Waals surface area (Å²) in [6, 6.07) is 0.273. The molecule has 120 valence electrons. The van der Waals surface area contributed by atoms with Gasteiger partial charge in [-0.25, -0.2) is 0 Å². The maximum Gasteiger partial charge on any atom is 0.0555 e. The molecule has 0 heterocycles. The molecule has 0 aliphatic heterocycles. The van der Waals surface area contributed by atoms with E-state index in [4.69, 9.17) is 33.8 Å². The fraction of sp³-hybridized carbons (Fsp3) is 1.00. The molecule has 7 nitrogen and oxygen atoms in total. The third-order valence-electron chi connectivity index (χ3n) is 1.89. The summed E-state index contributed by atoms with van der Waals surface area (Å²) in [6.45, 7) is 6.48. The van der Waals surface area contributed by atoms with Crippen LogP contribution >= 0.6 is 0 Å². The van der Waals surface area contributed by atoms with Crippen molar-refractivity contribution in [3.8, 4) is 0 Å². The van der Waals surface area contributed by atoms with Crippen LogP contribution < -0.4 is 34.0 Å². The first kappa shape index (κ1) is 23.8. The van der Waals surface area contributed by atoms with Crippen molar-refractivity contribution in [2.45, 2.75) is 32.2 Å². The second-order valence-corrected chi connectivity index (χ2v) is 4.10. The zero-order valence-electron chi connectivity index (χ0n) is 12.5. The lowest BCUT2D eigenvalue weighted by Crippen LogP contribution is -2.24. The predicted molar refractivity (Wildman–Crippen MR) is 83.7 cm³/mol. The van der Waals surface area contributed by atoms with Gasteiger partial charge in [-0.1, -0.05) is 0 Å². The van der Waals surface area contributed by atoms with Crippen LogP contribution in [0.4, 0.5) is 0 Å². The molecule has 0 aromatic rings. The van der Waals surface area contributed by atoms with Gasteiger partial charge in [0.15, 0.2) is 0 Å². The molecule has 0 spiro atoms. The minimum Gasteiger partial charge on any atom is -0.395 e. The molecule has 1 unspecified atom stereocenters. The zero-order chi connectivity index (χ0) is 15.4. The molecule has 12 N–H and O–H groups in total. The minimum absolute atomic E-state index is 0.194. The molecule has 0 fully saturated rings. The highest BCUT2D eigenvalue weighted by Crippen LogP contribution is 1.77. The van der Waals surface area contributed by atoms with E-state index in [0.29, 0.717) is 19.6 Å². The van der Waals surface area contributed by atoms with Crippen LogP contribution in [0.2, 0.25) is 0 Å². The van der Waals surface area contributed by atoms with Gasteiger partial charge in [0.2, 0.25) is 0 Å². The molecule has 0 rings (SSSR count). The van der Waals surface area contributed by atoms with Crippen LogP contribution in [0.5, 0.6) is 0 Å². The van der Waals surface area contributed by atoms with Crippen LogP contribution in [-0.4, -0.2) is 57.0 Å². The molecule has 0 aliphatic carbocycles. The van der Waals surface area contributed by atoms with Gasteiger partial charge in [-0.3, -0.25) is 0 Å². The summed E-state index contributed by atoms with van der Waals surface area (Å²) in [5, 5.41) is 11.1. The number of aliphatic hydroxyl groups excluding tert-OH is 1. The summed E-state index contributed by atoms with van der Waals surface area (Å²) in [4.78, 5) is 0. The maximum absolute atomic E-state index is 8.19. The number of rotatable bonds is 9. The first-order valence-electron chi connectivity index (χ1n) is 6.98. The Morgan fingerprint density at radius 3 is 1.63 bits per heavy atom. The van der Waals surface area contributed by atoms with Gasteiger partial charge in [0, 0.05) is 25.7 Å². The lowest BCUT2D eigenvalue weighted by Gasteiger charge is -1.96. The SMILES string of the molecule is CC(N)CCN.NCCCCN.NCCNCCO. The molecule has 0 aromatic carbocycles. The highest BCUT2D eigenvalue weighted by Gasteiger charge is 1.85. The summed E-state index contributed by atoms with van der Waals surface area (Å²) in [5.41, 5.74) is 25.9. The van der Waals surface area contributed by atoms with Crippen molar-refractivity contribution < 1.29 is 5.11 Å². The van der Waals surface area contributed by atoms with E-state index in [9.17, 15) is 0 Å².